The van der Waals surface area contributed by atoms with Crippen molar-refractivity contribution >= 4 is 29.2 Å². The molecule has 0 spiro atoms. The van der Waals surface area contributed by atoms with Crippen molar-refractivity contribution in [1.82, 2.24) is 9.78 Å². The molecule has 10 heteroatoms. The molecule has 2 aromatic carbocycles. The number of alkyl halides is 3. The van der Waals surface area contributed by atoms with E-state index >= 15 is 0 Å². The average molecular weight is 452 g/mol. The molecule has 0 radical (unpaired) electrons. The molecule has 0 aliphatic rings. The summed E-state index contributed by atoms with van der Waals surface area (Å²) < 4.78 is 45.5. The molecular formula is C21H17ClF3N3O3. The number of benzene rings is 2. The number of esters is 1. The summed E-state index contributed by atoms with van der Waals surface area (Å²) in [6, 6.07) is 12.4. The van der Waals surface area contributed by atoms with Crippen LogP contribution < -0.4 is 5.32 Å². The van der Waals surface area contributed by atoms with Crippen LogP contribution in [0.2, 0.25) is 5.02 Å². The minimum Gasteiger partial charge on any atom is -0.449 e. The number of anilines is 1. The minimum atomic E-state index is -4.67. The quantitative estimate of drug-likeness (QED) is 0.547. The van der Waals surface area contributed by atoms with Crippen LogP contribution in [0, 0.1) is 0 Å². The summed E-state index contributed by atoms with van der Waals surface area (Å²) in [4.78, 5) is 24.5. The maximum Gasteiger partial charge on any atom is 0.417 e. The van der Waals surface area contributed by atoms with Gasteiger partial charge in [-0.25, -0.2) is 4.79 Å². The summed E-state index contributed by atoms with van der Waals surface area (Å²) in [6.07, 6.45) is -3.13. The molecule has 3 rings (SSSR count). The van der Waals surface area contributed by atoms with Crippen molar-refractivity contribution in [3.63, 3.8) is 0 Å². The van der Waals surface area contributed by atoms with Crippen LogP contribution >= 0.6 is 11.6 Å². The molecule has 1 N–H and O–H groups in total. The largest absolute Gasteiger partial charge is 0.449 e. The molecule has 0 saturated heterocycles. The number of hydrogen-bond donors (Lipinski definition) is 1. The third kappa shape index (κ3) is 5.85. The zero-order chi connectivity index (χ0) is 22.6. The van der Waals surface area contributed by atoms with Gasteiger partial charge in [0.1, 0.15) is 0 Å². The standard InChI is InChI=1S/C21H17ClF3N3O3/c1-13(19(29)27-16-7-8-18(22)17(9-16)21(23,24)25)31-20(30)15-10-26-28(12-15)11-14-5-3-2-4-6-14/h2-10,12-13H,11H2,1H3,(H,27,29)/t13-/m1/s1. The van der Waals surface area contributed by atoms with Crippen molar-refractivity contribution in [1.29, 1.82) is 0 Å². The first-order chi connectivity index (χ1) is 14.6. The van der Waals surface area contributed by atoms with Crippen LogP contribution in [0.4, 0.5) is 18.9 Å². The van der Waals surface area contributed by atoms with Crippen molar-refractivity contribution < 1.29 is 27.5 Å². The van der Waals surface area contributed by atoms with Gasteiger partial charge in [0.15, 0.2) is 6.10 Å². The summed E-state index contributed by atoms with van der Waals surface area (Å²) in [6.45, 7) is 1.75. The van der Waals surface area contributed by atoms with Crippen molar-refractivity contribution in [2.75, 3.05) is 5.32 Å². The van der Waals surface area contributed by atoms with Crippen molar-refractivity contribution in [3.8, 4) is 0 Å². The summed E-state index contributed by atoms with van der Waals surface area (Å²) >= 11 is 5.56. The zero-order valence-corrected chi connectivity index (χ0v) is 16.9. The van der Waals surface area contributed by atoms with Gasteiger partial charge in [-0.1, -0.05) is 41.9 Å². The SMILES string of the molecule is C[C@@H](OC(=O)c1cnn(Cc2ccccc2)c1)C(=O)Nc1ccc(Cl)c(C(F)(F)F)c1. The van der Waals surface area contributed by atoms with Crippen LogP contribution in [0.25, 0.3) is 0 Å². The number of nitrogens with zero attached hydrogens (tertiary/aromatic N) is 2. The number of carbonyl (C=O) groups excluding carboxylic acids is 2. The fraction of sp³-hybridized carbons (Fsp3) is 0.190. The minimum absolute atomic E-state index is 0.125. The molecule has 1 heterocycles. The Morgan fingerprint density at radius 2 is 1.90 bits per heavy atom. The van der Waals surface area contributed by atoms with E-state index in [9.17, 15) is 22.8 Å². The molecule has 3 aromatic rings. The van der Waals surface area contributed by atoms with Crippen LogP contribution in [0.5, 0.6) is 0 Å². The van der Waals surface area contributed by atoms with Gasteiger partial charge in [-0.2, -0.15) is 18.3 Å². The number of nitrogens with one attached hydrogen (secondary N) is 1. The van der Waals surface area contributed by atoms with Crippen LogP contribution in [0.15, 0.2) is 60.9 Å². The van der Waals surface area contributed by atoms with Crippen molar-refractivity contribution in [2.24, 2.45) is 0 Å². The third-order valence-electron chi connectivity index (χ3n) is 4.25. The Bertz CT molecular complexity index is 1080. The fourth-order valence-corrected chi connectivity index (χ4v) is 2.90. The summed E-state index contributed by atoms with van der Waals surface area (Å²) in [5.74, 6) is -1.57. The second-order valence-corrected chi connectivity index (χ2v) is 7.05. The highest BCUT2D eigenvalue weighted by Gasteiger charge is 2.33. The van der Waals surface area contributed by atoms with Gasteiger partial charge in [-0.05, 0) is 30.7 Å². The molecule has 0 bridgehead atoms. The molecule has 0 saturated carbocycles. The van der Waals surface area contributed by atoms with Gasteiger partial charge in [0.25, 0.3) is 5.91 Å². The topological polar surface area (TPSA) is 73.2 Å². The lowest BCUT2D eigenvalue weighted by molar-refractivity contribution is -0.137. The number of ether oxygens (including phenoxy) is 1. The molecule has 1 aromatic heterocycles. The second kappa shape index (κ2) is 9.22. The lowest BCUT2D eigenvalue weighted by Crippen LogP contribution is -2.30. The molecule has 0 aliphatic heterocycles. The second-order valence-electron chi connectivity index (χ2n) is 6.64. The zero-order valence-electron chi connectivity index (χ0n) is 16.2. The van der Waals surface area contributed by atoms with Gasteiger partial charge < -0.3 is 10.1 Å². The van der Waals surface area contributed by atoms with Gasteiger partial charge >= 0.3 is 12.1 Å². The van der Waals surface area contributed by atoms with E-state index in [0.29, 0.717) is 12.6 Å². The highest BCUT2D eigenvalue weighted by atomic mass is 35.5. The Balaban J connectivity index is 1.60. The Labute approximate surface area is 180 Å². The smallest absolute Gasteiger partial charge is 0.417 e. The van der Waals surface area contributed by atoms with Crippen molar-refractivity contribution in [3.05, 3.63) is 82.6 Å². The number of rotatable bonds is 6. The summed E-state index contributed by atoms with van der Waals surface area (Å²) in [5, 5.41) is 5.88. The Kier molecular flexibility index (Phi) is 6.65. The van der Waals surface area contributed by atoms with Gasteiger partial charge in [0.05, 0.1) is 28.9 Å². The monoisotopic (exact) mass is 451 g/mol. The lowest BCUT2D eigenvalue weighted by Gasteiger charge is -2.15. The Hall–Kier alpha value is -3.33. The van der Waals surface area contributed by atoms with E-state index < -0.39 is 34.7 Å². The highest BCUT2D eigenvalue weighted by Crippen LogP contribution is 2.36. The maximum absolute atomic E-state index is 12.9. The van der Waals surface area contributed by atoms with Crippen LogP contribution in [0.1, 0.15) is 28.4 Å². The van der Waals surface area contributed by atoms with E-state index in [4.69, 9.17) is 16.3 Å². The third-order valence-corrected chi connectivity index (χ3v) is 4.58. The first-order valence-electron chi connectivity index (χ1n) is 9.08. The number of amides is 1. The van der Waals surface area contributed by atoms with Crippen molar-refractivity contribution in [2.45, 2.75) is 25.7 Å². The van der Waals surface area contributed by atoms with Gasteiger partial charge in [0, 0.05) is 11.9 Å². The fourth-order valence-electron chi connectivity index (χ4n) is 2.67. The Morgan fingerprint density at radius 1 is 1.19 bits per heavy atom. The van der Waals surface area contributed by atoms with Gasteiger partial charge in [0.2, 0.25) is 0 Å². The first-order valence-corrected chi connectivity index (χ1v) is 9.46. The van der Waals surface area contributed by atoms with Gasteiger partial charge in [-0.15, -0.1) is 0 Å². The van der Waals surface area contributed by atoms with E-state index in [0.717, 1.165) is 11.6 Å². The van der Waals surface area contributed by atoms with Gasteiger partial charge in [-0.3, -0.25) is 9.48 Å². The molecule has 162 valence electrons. The number of carbonyl (C=O) groups is 2. The average Bonchev–Trinajstić information content (AvgIpc) is 3.18. The van der Waals surface area contributed by atoms with E-state index in [2.05, 4.69) is 10.4 Å². The van der Waals surface area contributed by atoms with Crippen LogP contribution in [0.3, 0.4) is 0 Å². The Morgan fingerprint density at radius 3 is 2.58 bits per heavy atom. The number of aromatic nitrogens is 2. The predicted molar refractivity (Wildman–Crippen MR) is 108 cm³/mol. The highest BCUT2D eigenvalue weighted by molar-refractivity contribution is 6.31. The van der Waals surface area contributed by atoms with Crippen LogP contribution in [-0.4, -0.2) is 27.8 Å². The molecule has 0 fully saturated rings. The summed E-state index contributed by atoms with van der Waals surface area (Å²) in [7, 11) is 0. The van der Waals surface area contributed by atoms with E-state index in [1.165, 1.54) is 25.4 Å². The molecule has 6 nitrogen and oxygen atoms in total. The summed E-state index contributed by atoms with van der Waals surface area (Å²) in [5.41, 5.74) is -0.0800. The first kappa shape index (κ1) is 22.4. The molecule has 0 unspecified atom stereocenters. The number of halogens is 4. The van der Waals surface area contributed by atoms with Crippen LogP contribution in [-0.2, 0) is 22.3 Å². The molecule has 31 heavy (non-hydrogen) atoms. The normalized spacial score (nSPS) is 12.3. The van der Waals surface area contributed by atoms with E-state index in [1.54, 1.807) is 4.68 Å². The molecule has 0 aliphatic carbocycles. The lowest BCUT2D eigenvalue weighted by atomic mass is 10.2. The van der Waals surface area contributed by atoms with E-state index in [1.807, 2.05) is 30.3 Å². The molecule has 1 atom stereocenters. The maximum atomic E-state index is 12.9. The molecule has 1 amide bonds. The molecular weight excluding hydrogens is 435 g/mol. The predicted octanol–water partition coefficient (Wildman–Crippen LogP) is 4.79. The van der Waals surface area contributed by atoms with E-state index in [-0.39, 0.29) is 11.3 Å². The number of hydrogen-bond acceptors (Lipinski definition) is 4.